The van der Waals surface area contributed by atoms with Gasteiger partial charge in [-0.15, -0.1) is 11.6 Å². The molecule has 8 atom stereocenters. The van der Waals surface area contributed by atoms with Gasteiger partial charge >= 0.3 is 5.97 Å². The molecule has 32 heavy (non-hydrogen) atoms. The predicted molar refractivity (Wildman–Crippen MR) is 115 cm³/mol. The van der Waals surface area contributed by atoms with Crippen molar-refractivity contribution in [2.75, 3.05) is 12.5 Å². The molecule has 0 aromatic rings. The maximum absolute atomic E-state index is 17.0. The van der Waals surface area contributed by atoms with Crippen LogP contribution in [-0.2, 0) is 19.1 Å². The third kappa shape index (κ3) is 2.80. The van der Waals surface area contributed by atoms with E-state index in [4.69, 9.17) is 16.3 Å². The number of carbonyl (C=O) groups excluding carboxylic acids is 3. The van der Waals surface area contributed by atoms with Crippen molar-refractivity contribution in [3.63, 3.8) is 0 Å². The van der Waals surface area contributed by atoms with Crippen molar-refractivity contribution in [3.8, 4) is 0 Å². The van der Waals surface area contributed by atoms with Gasteiger partial charge in [0.15, 0.2) is 18.1 Å². The summed E-state index contributed by atoms with van der Waals surface area (Å²) in [5, 5.41) is 23.0. The summed E-state index contributed by atoms with van der Waals surface area (Å²) < 4.78 is 21.9. The van der Waals surface area contributed by atoms with Crippen molar-refractivity contribution >= 4 is 29.1 Å². The minimum absolute atomic E-state index is 0.120. The predicted octanol–water partition coefficient (Wildman–Crippen LogP) is 2.69. The highest BCUT2D eigenvalue weighted by Gasteiger charge is 2.75. The molecule has 0 amide bonds. The average molecular weight is 469 g/mol. The number of halogens is 2. The van der Waals surface area contributed by atoms with Crippen molar-refractivity contribution in [3.05, 3.63) is 23.8 Å². The lowest BCUT2D eigenvalue weighted by atomic mass is 9.44. The average Bonchev–Trinajstić information content (AvgIpc) is 2.94. The van der Waals surface area contributed by atoms with Crippen molar-refractivity contribution < 1.29 is 33.7 Å². The maximum atomic E-state index is 17.0. The normalized spacial score (nSPS) is 47.2. The second-order valence-corrected chi connectivity index (χ2v) is 10.7. The van der Waals surface area contributed by atoms with Crippen LogP contribution in [0.15, 0.2) is 23.8 Å². The number of carbonyl (C=O) groups is 3. The first-order valence-corrected chi connectivity index (χ1v) is 11.7. The SMILES string of the molecule is C[C@@H]1C[C@H]2[C@@H]3CCC4=CC(=O)C=C[C@]4(C)[C@@]3(F)[C@@H](O)C[C@]2(C)[C@@]1(O)C(=O)COC(=O)CCl. The number of aliphatic hydroxyl groups excluding tert-OH is 1. The van der Waals surface area contributed by atoms with Crippen LogP contribution < -0.4 is 0 Å². The monoisotopic (exact) mass is 468 g/mol. The fourth-order valence-electron chi connectivity index (χ4n) is 7.44. The van der Waals surface area contributed by atoms with Crippen LogP contribution in [0.25, 0.3) is 0 Å². The first-order chi connectivity index (χ1) is 14.9. The Kier molecular flexibility index (Phi) is 5.51. The summed E-state index contributed by atoms with van der Waals surface area (Å²) in [5.74, 6) is -3.49. The van der Waals surface area contributed by atoms with Gasteiger partial charge in [-0.05, 0) is 56.6 Å². The topological polar surface area (TPSA) is 101 Å². The lowest BCUT2D eigenvalue weighted by Gasteiger charge is -2.62. The lowest BCUT2D eigenvalue weighted by molar-refractivity contribution is -0.219. The van der Waals surface area contributed by atoms with Crippen LogP contribution in [0.3, 0.4) is 0 Å². The summed E-state index contributed by atoms with van der Waals surface area (Å²) in [7, 11) is 0. The second kappa shape index (κ2) is 7.47. The molecule has 4 rings (SSSR count). The van der Waals surface area contributed by atoms with Gasteiger partial charge < -0.3 is 14.9 Å². The molecule has 2 N–H and O–H groups in total. The van der Waals surface area contributed by atoms with E-state index >= 15 is 4.39 Å². The van der Waals surface area contributed by atoms with E-state index in [-0.39, 0.29) is 18.1 Å². The number of allylic oxidation sites excluding steroid dienone is 4. The number of aliphatic hydroxyl groups is 2. The molecule has 0 unspecified atom stereocenters. The Morgan fingerprint density at radius 2 is 2.00 bits per heavy atom. The lowest BCUT2D eigenvalue weighted by Crippen LogP contribution is -2.69. The van der Waals surface area contributed by atoms with E-state index < -0.39 is 64.3 Å². The number of Topliss-reactive ketones (excluding diaryl/α,β-unsaturated/α-hetero) is 1. The second-order valence-electron chi connectivity index (χ2n) is 10.4. The highest BCUT2D eigenvalue weighted by molar-refractivity contribution is 6.26. The molecule has 0 radical (unpaired) electrons. The molecule has 4 aliphatic rings. The number of esters is 1. The van der Waals surface area contributed by atoms with Crippen molar-refractivity contribution in [1.82, 2.24) is 0 Å². The number of ketones is 2. The van der Waals surface area contributed by atoms with Gasteiger partial charge in [0.05, 0.1) is 6.10 Å². The molecule has 3 fully saturated rings. The fraction of sp³-hybridized carbons (Fsp3) is 0.708. The number of fused-ring (bicyclic) bond motifs is 5. The Morgan fingerprint density at radius 3 is 2.66 bits per heavy atom. The van der Waals surface area contributed by atoms with Gasteiger partial charge in [-0.2, -0.15) is 0 Å². The first-order valence-electron chi connectivity index (χ1n) is 11.1. The third-order valence-electron chi connectivity index (χ3n) is 9.12. The van der Waals surface area contributed by atoms with E-state index in [0.717, 1.165) is 0 Å². The number of alkyl halides is 2. The molecule has 0 spiro atoms. The molecule has 0 aromatic carbocycles. The maximum Gasteiger partial charge on any atom is 0.321 e. The van der Waals surface area contributed by atoms with Crippen LogP contribution in [0, 0.1) is 28.6 Å². The highest BCUT2D eigenvalue weighted by Crippen LogP contribution is 2.70. The first kappa shape index (κ1) is 23.6. The molecule has 176 valence electrons. The van der Waals surface area contributed by atoms with Crippen LogP contribution in [-0.4, -0.2) is 57.6 Å². The van der Waals surface area contributed by atoms with Crippen molar-refractivity contribution in [2.45, 2.75) is 63.8 Å². The van der Waals surface area contributed by atoms with Crippen molar-refractivity contribution in [1.29, 1.82) is 0 Å². The zero-order chi connectivity index (χ0) is 23.7. The van der Waals surface area contributed by atoms with E-state index in [1.54, 1.807) is 26.8 Å². The number of rotatable bonds is 4. The molecule has 0 bridgehead atoms. The van der Waals surface area contributed by atoms with Gasteiger partial charge in [0, 0.05) is 16.7 Å². The van der Waals surface area contributed by atoms with Gasteiger partial charge in [0.2, 0.25) is 5.78 Å². The molecular formula is C24H30ClFO6. The number of hydrogen-bond donors (Lipinski definition) is 2. The van der Waals surface area contributed by atoms with Crippen LogP contribution in [0.1, 0.15) is 46.5 Å². The quantitative estimate of drug-likeness (QED) is 0.486. The van der Waals surface area contributed by atoms with Gasteiger partial charge in [-0.25, -0.2) is 4.39 Å². The zero-order valence-electron chi connectivity index (χ0n) is 18.6. The summed E-state index contributed by atoms with van der Waals surface area (Å²) in [5.41, 5.74) is -5.45. The smallest absolute Gasteiger partial charge is 0.321 e. The van der Waals surface area contributed by atoms with Crippen LogP contribution in [0.2, 0.25) is 0 Å². The molecule has 4 aliphatic carbocycles. The van der Waals surface area contributed by atoms with E-state index in [2.05, 4.69) is 0 Å². The standard InChI is InChI=1S/C24H30ClFO6/c1-13-8-17-16-5-4-14-9-15(27)6-7-21(14,2)23(16,26)18(28)10-22(17,3)24(13,31)19(29)12-32-20(30)11-25/h6-7,9,13,16-18,28,31H,4-5,8,10-12H2,1-3H3/t13-,16+,17+,18+,21+,22+,23+,24+/m1/s1. The number of ether oxygens (including phenoxy) is 1. The zero-order valence-corrected chi connectivity index (χ0v) is 19.3. The highest BCUT2D eigenvalue weighted by atomic mass is 35.5. The van der Waals surface area contributed by atoms with Crippen LogP contribution >= 0.6 is 11.6 Å². The van der Waals surface area contributed by atoms with E-state index in [1.807, 2.05) is 0 Å². The Hall–Kier alpha value is -1.57. The number of hydrogen-bond acceptors (Lipinski definition) is 6. The summed E-state index contributed by atoms with van der Waals surface area (Å²) in [6, 6.07) is 0. The molecule has 8 heteroatoms. The molecule has 0 heterocycles. The molecule has 0 aromatic heterocycles. The van der Waals surface area contributed by atoms with Gasteiger partial charge in [0.1, 0.15) is 11.5 Å². The Balaban J connectivity index is 1.73. The molecule has 0 aliphatic heterocycles. The van der Waals surface area contributed by atoms with Gasteiger partial charge in [-0.1, -0.05) is 25.5 Å². The summed E-state index contributed by atoms with van der Waals surface area (Å²) >= 11 is 5.43. The minimum Gasteiger partial charge on any atom is -0.457 e. The summed E-state index contributed by atoms with van der Waals surface area (Å²) in [6.45, 7) is 4.58. The van der Waals surface area contributed by atoms with E-state index in [1.165, 1.54) is 12.2 Å². The molecule has 0 saturated heterocycles. The van der Waals surface area contributed by atoms with E-state index in [0.29, 0.717) is 24.8 Å². The fourth-order valence-corrected chi connectivity index (χ4v) is 7.51. The molecule has 6 nitrogen and oxygen atoms in total. The minimum atomic E-state index is -2.03. The van der Waals surface area contributed by atoms with Crippen molar-refractivity contribution in [2.24, 2.45) is 28.6 Å². The van der Waals surface area contributed by atoms with Gasteiger partial charge in [0.25, 0.3) is 0 Å². The molecular weight excluding hydrogens is 439 g/mol. The van der Waals surface area contributed by atoms with Crippen LogP contribution in [0.5, 0.6) is 0 Å². The summed E-state index contributed by atoms with van der Waals surface area (Å²) in [4.78, 5) is 36.5. The summed E-state index contributed by atoms with van der Waals surface area (Å²) in [6.07, 6.45) is 4.16. The Morgan fingerprint density at radius 1 is 1.31 bits per heavy atom. The van der Waals surface area contributed by atoms with Crippen LogP contribution in [0.4, 0.5) is 4.39 Å². The largest absolute Gasteiger partial charge is 0.457 e. The third-order valence-corrected chi connectivity index (χ3v) is 9.34. The Labute approximate surface area is 191 Å². The molecule has 3 saturated carbocycles. The Bertz CT molecular complexity index is 931. The van der Waals surface area contributed by atoms with E-state index in [9.17, 15) is 24.6 Å². The van der Waals surface area contributed by atoms with Gasteiger partial charge in [-0.3, -0.25) is 14.4 Å².